The van der Waals surface area contributed by atoms with Crippen LogP contribution < -0.4 is 4.74 Å². The summed E-state index contributed by atoms with van der Waals surface area (Å²) in [6.45, 7) is 3.89. The summed E-state index contributed by atoms with van der Waals surface area (Å²) in [6.07, 6.45) is 5.10. The molecule has 2 aliphatic heterocycles. The molecule has 2 aromatic rings. The van der Waals surface area contributed by atoms with E-state index in [1.165, 1.54) is 6.07 Å². The monoisotopic (exact) mass is 386 g/mol. The second kappa shape index (κ2) is 8.78. The van der Waals surface area contributed by atoms with Gasteiger partial charge < -0.3 is 14.1 Å². The zero-order valence-electron chi connectivity index (χ0n) is 16.1. The van der Waals surface area contributed by atoms with Crippen LogP contribution in [0.3, 0.4) is 0 Å². The SMILES string of the molecule is O=C(C1CCCN(Cc2ccco2)C1)N1CCC(Oc2ccccc2F)CC1. The van der Waals surface area contributed by atoms with Gasteiger partial charge in [-0.1, -0.05) is 12.1 Å². The standard InChI is InChI=1S/C22H27FN2O3/c23-20-7-1-2-8-21(20)28-18-9-12-25(13-10-18)22(26)17-5-3-11-24(15-17)16-19-6-4-14-27-19/h1-2,4,6-8,14,17-18H,3,5,9-13,15-16H2. The molecule has 0 radical (unpaired) electrons. The highest BCUT2D eigenvalue weighted by Crippen LogP contribution is 2.25. The molecule has 2 saturated heterocycles. The summed E-state index contributed by atoms with van der Waals surface area (Å²) in [5, 5.41) is 0. The summed E-state index contributed by atoms with van der Waals surface area (Å²) in [6, 6.07) is 10.4. The maximum absolute atomic E-state index is 13.8. The van der Waals surface area contributed by atoms with Gasteiger partial charge >= 0.3 is 0 Å². The van der Waals surface area contributed by atoms with E-state index >= 15 is 0 Å². The number of carbonyl (C=O) groups is 1. The van der Waals surface area contributed by atoms with E-state index in [0.29, 0.717) is 18.8 Å². The zero-order chi connectivity index (χ0) is 19.3. The predicted molar refractivity (Wildman–Crippen MR) is 103 cm³/mol. The molecule has 0 saturated carbocycles. The van der Waals surface area contributed by atoms with Crippen molar-refractivity contribution in [3.63, 3.8) is 0 Å². The van der Waals surface area contributed by atoms with Gasteiger partial charge in [0, 0.05) is 32.5 Å². The molecule has 2 aliphatic rings. The second-order valence-electron chi connectivity index (χ2n) is 7.73. The lowest BCUT2D eigenvalue weighted by atomic mass is 9.95. The first-order valence-electron chi connectivity index (χ1n) is 10.1. The smallest absolute Gasteiger partial charge is 0.226 e. The van der Waals surface area contributed by atoms with Crippen LogP contribution in [0.2, 0.25) is 0 Å². The molecule has 2 fully saturated rings. The maximum atomic E-state index is 13.8. The summed E-state index contributed by atoms with van der Waals surface area (Å²) < 4.78 is 25.0. The van der Waals surface area contributed by atoms with Crippen LogP contribution >= 0.6 is 0 Å². The number of amides is 1. The van der Waals surface area contributed by atoms with Crippen LogP contribution in [-0.4, -0.2) is 48.0 Å². The number of hydrogen-bond donors (Lipinski definition) is 0. The van der Waals surface area contributed by atoms with E-state index in [0.717, 1.165) is 51.1 Å². The fourth-order valence-electron chi connectivity index (χ4n) is 4.20. The molecule has 0 N–H and O–H groups in total. The Morgan fingerprint density at radius 1 is 1.11 bits per heavy atom. The number of rotatable bonds is 5. The van der Waals surface area contributed by atoms with Crippen molar-refractivity contribution < 1.29 is 18.3 Å². The van der Waals surface area contributed by atoms with Gasteiger partial charge in [0.25, 0.3) is 0 Å². The number of nitrogens with zero attached hydrogens (tertiary/aromatic N) is 2. The molecule has 6 heteroatoms. The fourth-order valence-corrected chi connectivity index (χ4v) is 4.20. The molecule has 0 aliphatic carbocycles. The summed E-state index contributed by atoms with van der Waals surface area (Å²) in [4.78, 5) is 17.3. The molecule has 5 nitrogen and oxygen atoms in total. The van der Waals surface area contributed by atoms with Crippen LogP contribution in [0.25, 0.3) is 0 Å². The van der Waals surface area contributed by atoms with Gasteiger partial charge in [-0.25, -0.2) is 4.39 Å². The molecule has 3 heterocycles. The Morgan fingerprint density at radius 2 is 1.93 bits per heavy atom. The van der Waals surface area contributed by atoms with E-state index < -0.39 is 0 Å². The number of hydrogen-bond acceptors (Lipinski definition) is 4. The minimum absolute atomic E-state index is 0.0391. The van der Waals surface area contributed by atoms with Gasteiger partial charge in [0.2, 0.25) is 5.91 Å². The van der Waals surface area contributed by atoms with E-state index in [1.807, 2.05) is 17.0 Å². The highest BCUT2D eigenvalue weighted by Gasteiger charge is 2.32. The number of furan rings is 1. The van der Waals surface area contributed by atoms with E-state index in [-0.39, 0.29) is 23.7 Å². The topological polar surface area (TPSA) is 45.9 Å². The quantitative estimate of drug-likeness (QED) is 0.786. The highest BCUT2D eigenvalue weighted by molar-refractivity contribution is 5.79. The predicted octanol–water partition coefficient (Wildman–Crippen LogP) is 3.70. The summed E-state index contributed by atoms with van der Waals surface area (Å²) in [7, 11) is 0. The van der Waals surface area contributed by atoms with Crippen molar-refractivity contribution in [3.05, 3.63) is 54.2 Å². The third kappa shape index (κ3) is 4.55. The molecular weight excluding hydrogens is 359 g/mol. The third-order valence-electron chi connectivity index (χ3n) is 5.70. The van der Waals surface area contributed by atoms with E-state index in [9.17, 15) is 9.18 Å². The summed E-state index contributed by atoms with van der Waals surface area (Å²) >= 11 is 0. The van der Waals surface area contributed by atoms with Crippen LogP contribution in [0.1, 0.15) is 31.4 Å². The number of para-hydroxylation sites is 1. The summed E-state index contributed by atoms with van der Waals surface area (Å²) in [5.74, 6) is 1.20. The molecule has 4 rings (SSSR count). The first kappa shape index (κ1) is 19.0. The normalized spacial score (nSPS) is 21.6. The molecule has 28 heavy (non-hydrogen) atoms. The Morgan fingerprint density at radius 3 is 2.68 bits per heavy atom. The first-order chi connectivity index (χ1) is 13.7. The highest BCUT2D eigenvalue weighted by atomic mass is 19.1. The minimum Gasteiger partial charge on any atom is -0.487 e. The number of carbonyl (C=O) groups excluding carboxylic acids is 1. The van der Waals surface area contributed by atoms with Crippen molar-refractivity contribution in [1.82, 2.24) is 9.80 Å². The number of piperidine rings is 2. The Hall–Kier alpha value is -2.34. The van der Waals surface area contributed by atoms with Crippen molar-refractivity contribution in [3.8, 4) is 5.75 Å². The van der Waals surface area contributed by atoms with Crippen molar-refractivity contribution in [1.29, 1.82) is 0 Å². The van der Waals surface area contributed by atoms with Crippen molar-refractivity contribution in [2.75, 3.05) is 26.2 Å². The van der Waals surface area contributed by atoms with Gasteiger partial charge in [0.15, 0.2) is 11.6 Å². The average Bonchev–Trinajstić information content (AvgIpc) is 3.23. The molecule has 1 amide bonds. The third-order valence-corrected chi connectivity index (χ3v) is 5.70. The van der Waals surface area contributed by atoms with Gasteiger partial charge in [-0.05, 0) is 43.7 Å². The van der Waals surface area contributed by atoms with Crippen molar-refractivity contribution in [2.45, 2.75) is 38.3 Å². The number of ether oxygens (including phenoxy) is 1. The Labute approximate surface area is 165 Å². The van der Waals surface area contributed by atoms with Gasteiger partial charge in [0.1, 0.15) is 11.9 Å². The Balaban J connectivity index is 1.27. The Kier molecular flexibility index (Phi) is 5.95. The van der Waals surface area contributed by atoms with Gasteiger partial charge in [-0.3, -0.25) is 9.69 Å². The molecule has 0 spiro atoms. The van der Waals surface area contributed by atoms with Crippen molar-refractivity contribution in [2.24, 2.45) is 5.92 Å². The Bertz CT molecular complexity index is 772. The molecule has 1 aromatic heterocycles. The average molecular weight is 386 g/mol. The summed E-state index contributed by atoms with van der Waals surface area (Å²) in [5.41, 5.74) is 0. The van der Waals surface area contributed by atoms with Crippen LogP contribution in [0.5, 0.6) is 5.75 Å². The lowest BCUT2D eigenvalue weighted by Gasteiger charge is -2.37. The van der Waals surface area contributed by atoms with Crippen LogP contribution in [-0.2, 0) is 11.3 Å². The van der Waals surface area contributed by atoms with Gasteiger partial charge in [-0.15, -0.1) is 0 Å². The molecular formula is C22H27FN2O3. The van der Waals surface area contributed by atoms with Gasteiger partial charge in [-0.2, -0.15) is 0 Å². The number of halogens is 1. The number of benzene rings is 1. The molecule has 1 aromatic carbocycles. The van der Waals surface area contributed by atoms with E-state index in [4.69, 9.17) is 9.15 Å². The van der Waals surface area contributed by atoms with E-state index in [1.54, 1.807) is 24.5 Å². The fraction of sp³-hybridized carbons (Fsp3) is 0.500. The number of likely N-dealkylation sites (tertiary alicyclic amines) is 2. The minimum atomic E-state index is -0.333. The van der Waals surface area contributed by atoms with Crippen LogP contribution in [0, 0.1) is 11.7 Å². The second-order valence-corrected chi connectivity index (χ2v) is 7.73. The van der Waals surface area contributed by atoms with Gasteiger partial charge in [0.05, 0.1) is 18.7 Å². The van der Waals surface area contributed by atoms with Crippen LogP contribution in [0.4, 0.5) is 4.39 Å². The van der Waals surface area contributed by atoms with Crippen molar-refractivity contribution >= 4 is 5.91 Å². The molecule has 0 bridgehead atoms. The largest absolute Gasteiger partial charge is 0.487 e. The molecule has 1 atom stereocenters. The zero-order valence-corrected chi connectivity index (χ0v) is 16.1. The lowest BCUT2D eigenvalue weighted by Crippen LogP contribution is -2.48. The van der Waals surface area contributed by atoms with Crippen LogP contribution in [0.15, 0.2) is 47.1 Å². The first-order valence-corrected chi connectivity index (χ1v) is 10.1. The lowest BCUT2D eigenvalue weighted by molar-refractivity contribution is -0.139. The molecule has 1 unspecified atom stereocenters. The maximum Gasteiger partial charge on any atom is 0.226 e. The van der Waals surface area contributed by atoms with E-state index in [2.05, 4.69) is 4.90 Å². The molecule has 150 valence electrons.